The lowest BCUT2D eigenvalue weighted by molar-refractivity contribution is -0.124. The van der Waals surface area contributed by atoms with Gasteiger partial charge in [-0.05, 0) is 37.5 Å². The molecule has 1 saturated carbocycles. The molecule has 1 fully saturated rings. The lowest BCUT2D eigenvalue weighted by Gasteiger charge is -2.28. The van der Waals surface area contributed by atoms with E-state index >= 15 is 0 Å². The zero-order valence-electron chi connectivity index (χ0n) is 13.2. The number of nitrogens with two attached hydrogens (primary N) is 2. The number of amides is 1. The fourth-order valence-electron chi connectivity index (χ4n) is 3.20. The van der Waals surface area contributed by atoms with E-state index < -0.39 is 5.54 Å². The third-order valence-electron chi connectivity index (χ3n) is 4.84. The Morgan fingerprint density at radius 2 is 2.20 bits per heavy atom. The Labute approximate surface area is 123 Å². The van der Waals surface area contributed by atoms with Crippen LogP contribution in [0.3, 0.4) is 0 Å². The van der Waals surface area contributed by atoms with E-state index in [0.29, 0.717) is 12.5 Å². The number of carbonyl (C=O) groups is 1. The summed E-state index contributed by atoms with van der Waals surface area (Å²) in [5, 5.41) is 0. The molecule has 3 unspecified atom stereocenters. The van der Waals surface area contributed by atoms with E-state index in [-0.39, 0.29) is 11.8 Å². The molecule has 0 spiro atoms. The number of rotatable bonds is 10. The predicted molar refractivity (Wildman–Crippen MR) is 82.2 cm³/mol. The van der Waals surface area contributed by atoms with Crippen LogP contribution >= 0.6 is 0 Å². The van der Waals surface area contributed by atoms with Gasteiger partial charge in [0.25, 0.3) is 0 Å². The van der Waals surface area contributed by atoms with E-state index in [9.17, 15) is 4.79 Å². The number of primary amides is 1. The van der Waals surface area contributed by atoms with Gasteiger partial charge in [-0.2, -0.15) is 0 Å². The van der Waals surface area contributed by atoms with Crippen molar-refractivity contribution < 1.29 is 9.53 Å². The quantitative estimate of drug-likeness (QED) is 0.605. The molecule has 0 aliphatic heterocycles. The molecule has 4 N–H and O–H groups in total. The van der Waals surface area contributed by atoms with Gasteiger partial charge in [0.2, 0.25) is 5.91 Å². The fraction of sp³-hybridized carbons (Fsp3) is 0.938. The van der Waals surface area contributed by atoms with Crippen molar-refractivity contribution in [1.82, 2.24) is 0 Å². The second-order valence-electron chi connectivity index (χ2n) is 6.27. The van der Waals surface area contributed by atoms with Crippen molar-refractivity contribution in [2.24, 2.45) is 23.3 Å². The number of ether oxygens (including phenoxy) is 1. The van der Waals surface area contributed by atoms with Gasteiger partial charge in [-0.3, -0.25) is 4.79 Å². The summed E-state index contributed by atoms with van der Waals surface area (Å²) in [6.07, 6.45) is 8.51. The summed E-state index contributed by atoms with van der Waals surface area (Å²) >= 11 is 0. The monoisotopic (exact) mass is 284 g/mol. The second-order valence-corrected chi connectivity index (χ2v) is 6.27. The van der Waals surface area contributed by atoms with E-state index in [0.717, 1.165) is 32.3 Å². The van der Waals surface area contributed by atoms with Crippen molar-refractivity contribution in [3.63, 3.8) is 0 Å². The van der Waals surface area contributed by atoms with Crippen LogP contribution in [0.5, 0.6) is 0 Å². The molecule has 0 radical (unpaired) electrons. The van der Waals surface area contributed by atoms with Crippen molar-refractivity contribution in [2.75, 3.05) is 13.2 Å². The Kier molecular flexibility index (Phi) is 7.52. The number of hydrogen-bond acceptors (Lipinski definition) is 3. The molecule has 0 aromatic carbocycles. The topological polar surface area (TPSA) is 78.3 Å². The lowest BCUT2D eigenvalue weighted by Crippen LogP contribution is -2.54. The summed E-state index contributed by atoms with van der Waals surface area (Å²) in [4.78, 5) is 11.5. The molecule has 1 aliphatic rings. The van der Waals surface area contributed by atoms with Crippen molar-refractivity contribution >= 4 is 5.91 Å². The van der Waals surface area contributed by atoms with Gasteiger partial charge >= 0.3 is 0 Å². The molecule has 20 heavy (non-hydrogen) atoms. The summed E-state index contributed by atoms with van der Waals surface area (Å²) in [5.74, 6) is 0.502. The Hall–Kier alpha value is -0.610. The van der Waals surface area contributed by atoms with E-state index in [1.165, 1.54) is 25.7 Å². The molecular weight excluding hydrogens is 252 g/mol. The Morgan fingerprint density at radius 1 is 1.45 bits per heavy atom. The molecule has 3 atom stereocenters. The first kappa shape index (κ1) is 17.4. The highest BCUT2D eigenvalue weighted by Crippen LogP contribution is 2.35. The molecule has 0 aromatic heterocycles. The molecule has 1 aliphatic carbocycles. The predicted octanol–water partition coefficient (Wildman–Crippen LogP) is 2.59. The van der Waals surface area contributed by atoms with Gasteiger partial charge < -0.3 is 16.2 Å². The zero-order chi connectivity index (χ0) is 15.0. The van der Waals surface area contributed by atoms with Crippen LogP contribution in [0.25, 0.3) is 0 Å². The zero-order valence-corrected chi connectivity index (χ0v) is 13.2. The maximum Gasteiger partial charge on any atom is 0.237 e. The molecule has 0 saturated heterocycles. The van der Waals surface area contributed by atoms with Crippen LogP contribution in [0.1, 0.15) is 65.2 Å². The SMILES string of the molecule is CCCCC(CC)COCCC1CCCC1(N)C(N)=O. The van der Waals surface area contributed by atoms with Gasteiger partial charge in [0.15, 0.2) is 0 Å². The minimum atomic E-state index is -0.796. The van der Waals surface area contributed by atoms with Gasteiger partial charge in [0, 0.05) is 13.2 Å². The van der Waals surface area contributed by atoms with Crippen LogP contribution < -0.4 is 11.5 Å². The van der Waals surface area contributed by atoms with Crippen LogP contribution in [-0.2, 0) is 9.53 Å². The van der Waals surface area contributed by atoms with E-state index in [2.05, 4.69) is 13.8 Å². The highest BCUT2D eigenvalue weighted by Gasteiger charge is 2.43. The smallest absolute Gasteiger partial charge is 0.237 e. The van der Waals surface area contributed by atoms with Crippen LogP contribution in [0.4, 0.5) is 0 Å². The summed E-state index contributed by atoms with van der Waals surface area (Å²) in [6.45, 7) is 5.97. The number of unbranched alkanes of at least 4 members (excludes halogenated alkanes) is 1. The number of hydrogen-bond donors (Lipinski definition) is 2. The van der Waals surface area contributed by atoms with Gasteiger partial charge in [-0.15, -0.1) is 0 Å². The Bertz CT molecular complexity index is 296. The summed E-state index contributed by atoms with van der Waals surface area (Å²) in [6, 6.07) is 0. The first-order valence-electron chi connectivity index (χ1n) is 8.21. The molecule has 0 bridgehead atoms. The molecule has 0 heterocycles. The van der Waals surface area contributed by atoms with E-state index in [4.69, 9.17) is 16.2 Å². The second kappa shape index (κ2) is 8.63. The van der Waals surface area contributed by atoms with Gasteiger partial charge in [-0.1, -0.05) is 39.5 Å². The minimum Gasteiger partial charge on any atom is -0.381 e. The third kappa shape index (κ3) is 4.74. The Balaban J connectivity index is 2.25. The molecule has 0 aromatic rings. The molecule has 118 valence electrons. The van der Waals surface area contributed by atoms with Crippen LogP contribution in [-0.4, -0.2) is 24.7 Å². The van der Waals surface area contributed by atoms with Crippen molar-refractivity contribution in [3.8, 4) is 0 Å². The summed E-state index contributed by atoms with van der Waals surface area (Å²) < 4.78 is 5.81. The highest BCUT2D eigenvalue weighted by atomic mass is 16.5. The van der Waals surface area contributed by atoms with E-state index in [1.807, 2.05) is 0 Å². The van der Waals surface area contributed by atoms with Crippen molar-refractivity contribution in [1.29, 1.82) is 0 Å². The third-order valence-corrected chi connectivity index (χ3v) is 4.84. The van der Waals surface area contributed by atoms with Crippen LogP contribution in [0, 0.1) is 11.8 Å². The summed E-state index contributed by atoms with van der Waals surface area (Å²) in [7, 11) is 0. The maximum atomic E-state index is 11.5. The average Bonchev–Trinajstić information content (AvgIpc) is 2.81. The van der Waals surface area contributed by atoms with Gasteiger partial charge in [0.05, 0.1) is 5.54 Å². The largest absolute Gasteiger partial charge is 0.381 e. The van der Waals surface area contributed by atoms with Crippen LogP contribution in [0.15, 0.2) is 0 Å². The minimum absolute atomic E-state index is 0.190. The maximum absolute atomic E-state index is 11.5. The highest BCUT2D eigenvalue weighted by molar-refractivity contribution is 5.85. The van der Waals surface area contributed by atoms with Crippen molar-refractivity contribution in [3.05, 3.63) is 0 Å². The first-order valence-corrected chi connectivity index (χ1v) is 8.21. The molecule has 1 amide bonds. The average molecular weight is 284 g/mol. The molecular formula is C16H32N2O2. The van der Waals surface area contributed by atoms with Gasteiger partial charge in [0.1, 0.15) is 0 Å². The number of carbonyl (C=O) groups excluding carboxylic acids is 1. The van der Waals surface area contributed by atoms with Gasteiger partial charge in [-0.25, -0.2) is 0 Å². The molecule has 1 rings (SSSR count). The normalized spacial score (nSPS) is 27.6. The summed E-state index contributed by atoms with van der Waals surface area (Å²) in [5.41, 5.74) is 10.8. The standard InChI is InChI=1S/C16H32N2O2/c1-3-5-7-13(4-2)12-20-11-9-14-8-6-10-16(14,18)15(17)19/h13-14H,3-12,18H2,1-2H3,(H2,17,19). The van der Waals surface area contributed by atoms with Crippen LogP contribution in [0.2, 0.25) is 0 Å². The van der Waals surface area contributed by atoms with E-state index in [1.54, 1.807) is 0 Å². The lowest BCUT2D eigenvalue weighted by atomic mass is 9.85. The fourth-order valence-corrected chi connectivity index (χ4v) is 3.20. The Morgan fingerprint density at radius 3 is 2.80 bits per heavy atom. The first-order chi connectivity index (χ1) is 9.54. The van der Waals surface area contributed by atoms with Crippen molar-refractivity contribution in [2.45, 2.75) is 70.8 Å². The molecule has 4 nitrogen and oxygen atoms in total. The molecule has 4 heteroatoms.